The number of para-hydroxylation sites is 1. The first kappa shape index (κ1) is 22.5. The van der Waals surface area contributed by atoms with Crippen LogP contribution < -0.4 is 15.4 Å². The van der Waals surface area contributed by atoms with Gasteiger partial charge >= 0.3 is 0 Å². The summed E-state index contributed by atoms with van der Waals surface area (Å²) >= 11 is 0. The quantitative estimate of drug-likeness (QED) is 0.370. The van der Waals surface area contributed by atoms with Gasteiger partial charge in [-0.2, -0.15) is 0 Å². The van der Waals surface area contributed by atoms with Crippen LogP contribution >= 0.6 is 0 Å². The summed E-state index contributed by atoms with van der Waals surface area (Å²) in [6.45, 7) is 8.99. The summed E-state index contributed by atoms with van der Waals surface area (Å²) in [5.41, 5.74) is 1.14. The Kier molecular flexibility index (Phi) is 9.05. The van der Waals surface area contributed by atoms with Gasteiger partial charge in [0, 0.05) is 38.6 Å². The minimum atomic E-state index is -3.08. The number of guanidine groups is 1. The number of hydrogen-bond donors (Lipinski definition) is 2. The molecule has 0 aromatic heterocycles. The molecule has 1 aromatic rings. The highest BCUT2D eigenvalue weighted by atomic mass is 32.2. The van der Waals surface area contributed by atoms with Crippen molar-refractivity contribution in [3.8, 4) is 5.75 Å². The average Bonchev–Trinajstić information content (AvgIpc) is 2.69. The number of ether oxygens (including phenoxy) is 1. The molecule has 1 fully saturated rings. The van der Waals surface area contributed by atoms with Crippen LogP contribution in [0.5, 0.6) is 5.75 Å². The maximum Gasteiger partial charge on any atom is 0.213 e. The number of nitrogens with one attached hydrogen (secondary N) is 2. The highest BCUT2D eigenvalue weighted by molar-refractivity contribution is 7.89. The van der Waals surface area contributed by atoms with Crippen LogP contribution in [0.4, 0.5) is 0 Å². The van der Waals surface area contributed by atoms with E-state index in [0.29, 0.717) is 26.2 Å². The van der Waals surface area contributed by atoms with Gasteiger partial charge in [0.15, 0.2) is 5.96 Å². The summed E-state index contributed by atoms with van der Waals surface area (Å²) in [6, 6.07) is 8.24. The first-order chi connectivity index (χ1) is 13.5. The molecule has 0 spiro atoms. The number of piperidine rings is 1. The van der Waals surface area contributed by atoms with Gasteiger partial charge in [-0.3, -0.25) is 4.99 Å². The maximum absolute atomic E-state index is 12.0. The summed E-state index contributed by atoms with van der Waals surface area (Å²) in [6.07, 6.45) is 2.41. The molecule has 8 heteroatoms. The molecule has 0 atom stereocenters. The van der Waals surface area contributed by atoms with E-state index in [1.165, 1.54) is 0 Å². The Morgan fingerprint density at radius 2 is 1.96 bits per heavy atom. The lowest BCUT2D eigenvalue weighted by Gasteiger charge is -2.32. The Balaban J connectivity index is 1.75. The zero-order chi connectivity index (χ0) is 20.4. The Morgan fingerprint density at radius 3 is 2.61 bits per heavy atom. The van der Waals surface area contributed by atoms with Gasteiger partial charge in [0.05, 0.1) is 12.4 Å². The molecule has 0 amide bonds. The molecule has 1 saturated heterocycles. The van der Waals surface area contributed by atoms with Crippen LogP contribution in [0.1, 0.15) is 38.7 Å². The van der Waals surface area contributed by atoms with Crippen LogP contribution in [-0.2, 0) is 10.0 Å². The van der Waals surface area contributed by atoms with Gasteiger partial charge in [0.25, 0.3) is 0 Å². The summed E-state index contributed by atoms with van der Waals surface area (Å²) in [4.78, 5) is 4.63. The molecule has 28 heavy (non-hydrogen) atoms. The summed E-state index contributed by atoms with van der Waals surface area (Å²) < 4.78 is 31.3. The molecule has 0 saturated carbocycles. The zero-order valence-electron chi connectivity index (χ0n) is 17.3. The third kappa shape index (κ3) is 6.98. The molecule has 0 aliphatic carbocycles. The van der Waals surface area contributed by atoms with Crippen molar-refractivity contribution in [1.29, 1.82) is 0 Å². The molecule has 1 aliphatic rings. The third-order valence-electron chi connectivity index (χ3n) is 4.82. The molecule has 1 aliphatic heterocycles. The minimum Gasteiger partial charge on any atom is -0.493 e. The van der Waals surface area contributed by atoms with Crippen molar-refractivity contribution in [3.63, 3.8) is 0 Å². The van der Waals surface area contributed by atoms with E-state index in [1.54, 1.807) is 11.2 Å². The fraction of sp³-hybridized carbons (Fsp3) is 0.650. The van der Waals surface area contributed by atoms with Gasteiger partial charge < -0.3 is 15.4 Å². The molecule has 0 unspecified atom stereocenters. The van der Waals surface area contributed by atoms with E-state index in [2.05, 4.69) is 15.6 Å². The molecule has 0 radical (unpaired) electrons. The lowest BCUT2D eigenvalue weighted by atomic mass is 10.1. The van der Waals surface area contributed by atoms with Crippen LogP contribution in [0.3, 0.4) is 0 Å². The molecule has 1 heterocycles. The Bertz CT molecular complexity index is 729. The van der Waals surface area contributed by atoms with Gasteiger partial charge in [0.2, 0.25) is 10.0 Å². The SMILES string of the molecule is CCNC(=NCCCOc1ccccc1C)NC1CCN(S(=O)(=O)CC)CC1. The van der Waals surface area contributed by atoms with Gasteiger partial charge in [-0.25, -0.2) is 12.7 Å². The van der Waals surface area contributed by atoms with Crippen molar-refractivity contribution in [1.82, 2.24) is 14.9 Å². The van der Waals surface area contributed by atoms with Crippen molar-refractivity contribution >= 4 is 16.0 Å². The van der Waals surface area contributed by atoms with Crippen molar-refractivity contribution in [2.24, 2.45) is 4.99 Å². The predicted molar refractivity (Wildman–Crippen MR) is 114 cm³/mol. The van der Waals surface area contributed by atoms with Crippen molar-refractivity contribution in [2.45, 2.75) is 46.1 Å². The first-order valence-corrected chi connectivity index (χ1v) is 11.8. The van der Waals surface area contributed by atoms with Crippen LogP contribution in [0.25, 0.3) is 0 Å². The summed E-state index contributed by atoms with van der Waals surface area (Å²) in [7, 11) is -3.08. The summed E-state index contributed by atoms with van der Waals surface area (Å²) in [5.74, 6) is 1.88. The van der Waals surface area contributed by atoms with E-state index >= 15 is 0 Å². The Hall–Kier alpha value is -1.80. The van der Waals surface area contributed by atoms with Crippen molar-refractivity contribution < 1.29 is 13.2 Å². The molecule has 1 aromatic carbocycles. The molecule has 158 valence electrons. The first-order valence-electron chi connectivity index (χ1n) is 10.2. The largest absolute Gasteiger partial charge is 0.493 e. The van der Waals surface area contributed by atoms with E-state index in [0.717, 1.165) is 43.1 Å². The monoisotopic (exact) mass is 410 g/mol. The van der Waals surface area contributed by atoms with E-state index in [4.69, 9.17) is 4.74 Å². The molecule has 0 bridgehead atoms. The number of aryl methyl sites for hydroxylation is 1. The number of hydrogen-bond acceptors (Lipinski definition) is 4. The molecule has 7 nitrogen and oxygen atoms in total. The van der Waals surface area contributed by atoms with Crippen LogP contribution in [-0.4, -0.2) is 63.3 Å². The second-order valence-electron chi connectivity index (χ2n) is 6.95. The van der Waals surface area contributed by atoms with E-state index in [9.17, 15) is 8.42 Å². The topological polar surface area (TPSA) is 83.0 Å². The predicted octanol–water partition coefficient (Wildman–Crippen LogP) is 2.13. The highest BCUT2D eigenvalue weighted by Gasteiger charge is 2.26. The highest BCUT2D eigenvalue weighted by Crippen LogP contribution is 2.16. The minimum absolute atomic E-state index is 0.166. The van der Waals surface area contributed by atoms with Crippen LogP contribution in [0.15, 0.2) is 29.3 Å². The van der Waals surface area contributed by atoms with Gasteiger partial charge in [0.1, 0.15) is 5.75 Å². The third-order valence-corrected chi connectivity index (χ3v) is 6.70. The number of rotatable bonds is 9. The fourth-order valence-corrected chi connectivity index (χ4v) is 4.26. The van der Waals surface area contributed by atoms with Crippen LogP contribution in [0, 0.1) is 6.92 Å². The lowest BCUT2D eigenvalue weighted by molar-refractivity contribution is 0.305. The Morgan fingerprint density at radius 1 is 1.25 bits per heavy atom. The molecule has 2 N–H and O–H groups in total. The number of sulfonamides is 1. The number of nitrogens with zero attached hydrogens (tertiary/aromatic N) is 2. The van der Waals surface area contributed by atoms with Crippen molar-refractivity contribution in [3.05, 3.63) is 29.8 Å². The molecule has 2 rings (SSSR count). The number of aliphatic imine (C=N–C) groups is 1. The second kappa shape index (κ2) is 11.3. The van der Waals surface area contributed by atoms with Gasteiger partial charge in [-0.1, -0.05) is 18.2 Å². The second-order valence-corrected chi connectivity index (χ2v) is 9.20. The maximum atomic E-state index is 12.0. The lowest BCUT2D eigenvalue weighted by Crippen LogP contribution is -2.50. The smallest absolute Gasteiger partial charge is 0.213 e. The van der Waals surface area contributed by atoms with Crippen molar-refractivity contribution in [2.75, 3.05) is 38.5 Å². The van der Waals surface area contributed by atoms with E-state index in [1.807, 2.05) is 38.1 Å². The summed E-state index contributed by atoms with van der Waals surface area (Å²) in [5, 5.41) is 6.71. The zero-order valence-corrected chi connectivity index (χ0v) is 18.1. The van der Waals surface area contributed by atoms with Gasteiger partial charge in [-0.15, -0.1) is 0 Å². The standard InChI is InChI=1S/C20H34N4O3S/c1-4-21-20(22-13-8-16-27-19-10-7-6-9-17(19)3)23-18-11-14-24(15-12-18)28(25,26)5-2/h6-7,9-10,18H,4-5,8,11-16H2,1-3H3,(H2,21,22,23). The number of benzene rings is 1. The van der Waals surface area contributed by atoms with Gasteiger partial charge in [-0.05, 0) is 45.2 Å². The Labute approximate surface area is 169 Å². The molecular formula is C20H34N4O3S. The normalized spacial score (nSPS) is 16.8. The average molecular weight is 411 g/mol. The van der Waals surface area contributed by atoms with Crippen LogP contribution in [0.2, 0.25) is 0 Å². The molecular weight excluding hydrogens is 376 g/mol. The van der Waals surface area contributed by atoms with E-state index in [-0.39, 0.29) is 11.8 Å². The van der Waals surface area contributed by atoms with E-state index < -0.39 is 10.0 Å². The fourth-order valence-electron chi connectivity index (χ4n) is 3.13.